The fourth-order valence-electron chi connectivity index (χ4n) is 0.729. The Morgan fingerprint density at radius 1 is 0.611 bits per heavy atom. The highest BCUT2D eigenvalue weighted by atomic mass is 15.3. The fraction of sp³-hybridized carbons (Fsp3) is 1.00. The molecule has 0 spiro atoms. The maximum Gasteiger partial charge on any atom is 0.170 e. The number of azo groups is 4. The molecule has 0 atom stereocenters. The van der Waals surface area contributed by atoms with Crippen molar-refractivity contribution in [3.63, 3.8) is 0 Å². The Labute approximate surface area is 108 Å². The van der Waals surface area contributed by atoms with Gasteiger partial charge in [0.25, 0.3) is 0 Å². The Morgan fingerprint density at radius 3 is 1.50 bits per heavy atom. The molecule has 0 amide bonds. The SMILES string of the molecule is CC(C)C/N=N/C/N=N/CN=NC/N=N/C(C)C. The summed E-state index contributed by atoms with van der Waals surface area (Å²) in [5.41, 5.74) is 0. The summed E-state index contributed by atoms with van der Waals surface area (Å²) in [5, 5.41) is 30.5. The predicted octanol–water partition coefficient (Wildman–Crippen LogP) is 3.73. The summed E-state index contributed by atoms with van der Waals surface area (Å²) in [4.78, 5) is 0. The quantitative estimate of drug-likeness (QED) is 0.560. The molecular formula is C10H22N8. The number of nitrogens with zero attached hydrogens (tertiary/aromatic N) is 8. The van der Waals surface area contributed by atoms with Crippen molar-refractivity contribution >= 4 is 0 Å². The summed E-state index contributed by atoms with van der Waals surface area (Å²) in [5.74, 6) is 0.513. The smallest absolute Gasteiger partial charge is 0.170 e. The lowest BCUT2D eigenvalue weighted by Crippen LogP contribution is -1.90. The van der Waals surface area contributed by atoms with Crippen molar-refractivity contribution in [3.05, 3.63) is 0 Å². The van der Waals surface area contributed by atoms with E-state index < -0.39 is 0 Å². The van der Waals surface area contributed by atoms with Gasteiger partial charge in [0.2, 0.25) is 0 Å². The standard InChI is InChI=1S/C10H22N8/c1-9(2)5-11-12-6-13-14-7-15-16-8-17-18-10(3)4/h9-10H,5-8H2,1-4H3/b12-11+,14-13+,16-15?,18-17+. The first-order chi connectivity index (χ1) is 8.63. The zero-order chi connectivity index (χ0) is 13.6. The summed E-state index contributed by atoms with van der Waals surface area (Å²) >= 11 is 0. The van der Waals surface area contributed by atoms with Crippen LogP contribution in [0.15, 0.2) is 40.9 Å². The molecule has 0 aromatic heterocycles. The summed E-state index contributed by atoms with van der Waals surface area (Å²) in [7, 11) is 0. The van der Waals surface area contributed by atoms with Crippen LogP contribution in [0.1, 0.15) is 27.7 Å². The van der Waals surface area contributed by atoms with E-state index in [0.29, 0.717) is 5.92 Å². The third kappa shape index (κ3) is 14.4. The third-order valence-corrected chi connectivity index (χ3v) is 1.44. The molecule has 0 aromatic rings. The number of rotatable bonds is 9. The molecule has 18 heavy (non-hydrogen) atoms. The first kappa shape index (κ1) is 16.4. The number of hydrogen-bond donors (Lipinski definition) is 0. The van der Waals surface area contributed by atoms with E-state index in [1.54, 1.807) is 0 Å². The van der Waals surface area contributed by atoms with Crippen molar-refractivity contribution in [1.82, 2.24) is 0 Å². The fourth-order valence-corrected chi connectivity index (χ4v) is 0.729. The van der Waals surface area contributed by atoms with Crippen molar-refractivity contribution in [2.24, 2.45) is 46.8 Å². The van der Waals surface area contributed by atoms with E-state index in [9.17, 15) is 0 Å². The molecule has 0 N–H and O–H groups in total. The monoisotopic (exact) mass is 254 g/mol. The molecular weight excluding hydrogens is 232 g/mol. The van der Waals surface area contributed by atoms with Gasteiger partial charge in [0.05, 0.1) is 12.6 Å². The van der Waals surface area contributed by atoms with Crippen molar-refractivity contribution in [2.45, 2.75) is 33.7 Å². The Bertz CT molecular complexity index is 292. The molecule has 0 bridgehead atoms. The molecule has 0 radical (unpaired) electrons. The molecule has 0 saturated heterocycles. The van der Waals surface area contributed by atoms with Crippen molar-refractivity contribution in [3.8, 4) is 0 Å². The van der Waals surface area contributed by atoms with Gasteiger partial charge in [-0.25, -0.2) is 0 Å². The molecule has 0 fully saturated rings. The first-order valence-electron chi connectivity index (χ1n) is 5.99. The highest BCUT2D eigenvalue weighted by molar-refractivity contribution is 4.45. The lowest BCUT2D eigenvalue weighted by atomic mass is 10.2. The zero-order valence-electron chi connectivity index (χ0n) is 11.6. The molecule has 0 saturated carbocycles. The molecule has 0 aliphatic rings. The second-order valence-electron chi connectivity index (χ2n) is 4.20. The van der Waals surface area contributed by atoms with E-state index in [1.165, 1.54) is 0 Å². The molecule has 0 heterocycles. The first-order valence-corrected chi connectivity index (χ1v) is 5.99. The van der Waals surface area contributed by atoms with Crippen LogP contribution in [0, 0.1) is 5.92 Å². The minimum Gasteiger partial charge on any atom is -0.192 e. The van der Waals surface area contributed by atoms with Gasteiger partial charge < -0.3 is 0 Å². The van der Waals surface area contributed by atoms with Crippen LogP contribution < -0.4 is 0 Å². The van der Waals surface area contributed by atoms with Crippen LogP contribution in [0.25, 0.3) is 0 Å². The van der Waals surface area contributed by atoms with E-state index in [1.807, 2.05) is 13.8 Å². The third-order valence-electron chi connectivity index (χ3n) is 1.44. The summed E-state index contributed by atoms with van der Waals surface area (Å²) < 4.78 is 0. The maximum absolute atomic E-state index is 3.94. The maximum atomic E-state index is 3.94. The van der Waals surface area contributed by atoms with E-state index >= 15 is 0 Å². The second kappa shape index (κ2) is 11.9. The zero-order valence-corrected chi connectivity index (χ0v) is 11.6. The van der Waals surface area contributed by atoms with Crippen LogP contribution in [0.3, 0.4) is 0 Å². The summed E-state index contributed by atoms with van der Waals surface area (Å²) in [6, 6.07) is 0.191. The van der Waals surface area contributed by atoms with Gasteiger partial charge in [-0.1, -0.05) is 13.8 Å². The summed E-state index contributed by atoms with van der Waals surface area (Å²) in [6.07, 6.45) is 0. The van der Waals surface area contributed by atoms with Gasteiger partial charge in [0, 0.05) is 0 Å². The minimum absolute atomic E-state index is 0.191. The average Bonchev–Trinajstić information content (AvgIpc) is 2.29. The molecule has 0 rings (SSSR count). The molecule has 0 unspecified atom stereocenters. The van der Waals surface area contributed by atoms with Gasteiger partial charge in [-0.05, 0) is 19.8 Å². The van der Waals surface area contributed by atoms with Gasteiger partial charge in [-0.15, -0.1) is 0 Å². The Kier molecular flexibility index (Phi) is 10.8. The van der Waals surface area contributed by atoms with E-state index in [2.05, 4.69) is 54.8 Å². The van der Waals surface area contributed by atoms with E-state index in [-0.39, 0.29) is 26.0 Å². The van der Waals surface area contributed by atoms with Gasteiger partial charge >= 0.3 is 0 Å². The largest absolute Gasteiger partial charge is 0.192 e. The van der Waals surface area contributed by atoms with Crippen molar-refractivity contribution in [2.75, 3.05) is 26.6 Å². The highest BCUT2D eigenvalue weighted by Gasteiger charge is 1.87. The lowest BCUT2D eigenvalue weighted by Gasteiger charge is -1.93. The van der Waals surface area contributed by atoms with Gasteiger partial charge in [0.15, 0.2) is 20.0 Å². The average molecular weight is 254 g/mol. The topological polar surface area (TPSA) is 98.9 Å². The molecule has 0 aliphatic heterocycles. The van der Waals surface area contributed by atoms with Crippen LogP contribution in [0.2, 0.25) is 0 Å². The molecule has 0 aromatic carbocycles. The lowest BCUT2D eigenvalue weighted by molar-refractivity contribution is 0.633. The van der Waals surface area contributed by atoms with Gasteiger partial charge in [0.1, 0.15) is 0 Å². The Hall–Kier alpha value is -1.60. The summed E-state index contributed by atoms with van der Waals surface area (Å²) in [6.45, 7) is 9.45. The predicted molar refractivity (Wildman–Crippen MR) is 68.9 cm³/mol. The van der Waals surface area contributed by atoms with Crippen LogP contribution in [0.5, 0.6) is 0 Å². The van der Waals surface area contributed by atoms with E-state index in [0.717, 1.165) is 6.54 Å². The van der Waals surface area contributed by atoms with Crippen LogP contribution >= 0.6 is 0 Å². The molecule has 8 nitrogen and oxygen atoms in total. The number of hydrogen-bond acceptors (Lipinski definition) is 8. The molecule has 102 valence electrons. The Morgan fingerprint density at radius 2 is 1.06 bits per heavy atom. The second-order valence-corrected chi connectivity index (χ2v) is 4.20. The van der Waals surface area contributed by atoms with Crippen LogP contribution in [-0.4, -0.2) is 32.6 Å². The molecule has 8 heteroatoms. The minimum atomic E-state index is 0.191. The van der Waals surface area contributed by atoms with Crippen molar-refractivity contribution < 1.29 is 0 Å². The molecule has 0 aliphatic carbocycles. The van der Waals surface area contributed by atoms with Crippen LogP contribution in [0.4, 0.5) is 0 Å². The van der Waals surface area contributed by atoms with Gasteiger partial charge in [-0.3, -0.25) is 0 Å². The van der Waals surface area contributed by atoms with Gasteiger partial charge in [-0.2, -0.15) is 40.9 Å². The normalized spacial score (nSPS) is 13.4. The highest BCUT2D eigenvalue weighted by Crippen LogP contribution is 1.92. The van der Waals surface area contributed by atoms with Crippen molar-refractivity contribution in [1.29, 1.82) is 0 Å². The van der Waals surface area contributed by atoms with E-state index in [4.69, 9.17) is 0 Å². The van der Waals surface area contributed by atoms with Crippen LogP contribution in [-0.2, 0) is 0 Å². The Balaban J connectivity index is 3.48.